The molecular weight excluding hydrogens is 361 g/mol. The van der Waals surface area contributed by atoms with Gasteiger partial charge >= 0.3 is 6.03 Å². The van der Waals surface area contributed by atoms with Crippen molar-refractivity contribution in [3.8, 4) is 0 Å². The van der Waals surface area contributed by atoms with Gasteiger partial charge in [0, 0.05) is 10.6 Å². The minimum absolute atomic E-state index is 0.319. The highest BCUT2D eigenvalue weighted by atomic mass is 35.5. The fourth-order valence-corrected chi connectivity index (χ4v) is 2.41. The van der Waals surface area contributed by atoms with Gasteiger partial charge in [-0.05, 0) is 51.1 Å². The fraction of sp³-hybridized carbons (Fsp3) is 0.222. The number of carbonyl (C=O) groups excluding carboxylic acids is 2. The number of urea groups is 1. The molecule has 0 aromatic heterocycles. The first kappa shape index (κ1) is 19.1. The Bertz CT molecular complexity index is 774. The summed E-state index contributed by atoms with van der Waals surface area (Å²) in [6.45, 7) is 5.46. The van der Waals surface area contributed by atoms with E-state index < -0.39 is 11.6 Å². The summed E-state index contributed by atoms with van der Waals surface area (Å²) in [6.07, 6.45) is 0. The first-order chi connectivity index (χ1) is 11.7. The quantitative estimate of drug-likeness (QED) is 0.723. The summed E-state index contributed by atoms with van der Waals surface area (Å²) in [4.78, 5) is 25.1. The Morgan fingerprint density at radius 2 is 1.64 bits per heavy atom. The SMILES string of the molecule is CC(C)(C)N(NC(=O)Nc1cc(Cl)ccc1Cl)C(=O)c1ccccc1. The molecule has 0 spiro atoms. The average Bonchev–Trinajstić information content (AvgIpc) is 2.55. The molecule has 0 heterocycles. The lowest BCUT2D eigenvalue weighted by Gasteiger charge is -2.35. The van der Waals surface area contributed by atoms with Crippen LogP contribution in [0.4, 0.5) is 10.5 Å². The van der Waals surface area contributed by atoms with Gasteiger partial charge in [0.05, 0.1) is 16.2 Å². The number of hydrazine groups is 1. The van der Waals surface area contributed by atoms with Gasteiger partial charge in [0.25, 0.3) is 5.91 Å². The predicted octanol–water partition coefficient (Wildman–Crippen LogP) is 4.97. The van der Waals surface area contributed by atoms with Crippen molar-refractivity contribution in [1.82, 2.24) is 10.4 Å². The van der Waals surface area contributed by atoms with Crippen molar-refractivity contribution in [2.45, 2.75) is 26.3 Å². The summed E-state index contributed by atoms with van der Waals surface area (Å²) in [7, 11) is 0. The van der Waals surface area contributed by atoms with Crippen LogP contribution in [0.3, 0.4) is 0 Å². The molecule has 3 amide bonds. The van der Waals surface area contributed by atoms with Gasteiger partial charge in [-0.1, -0.05) is 41.4 Å². The molecule has 2 aromatic rings. The van der Waals surface area contributed by atoms with Crippen LogP contribution in [0.5, 0.6) is 0 Å². The van der Waals surface area contributed by atoms with Gasteiger partial charge in [0.1, 0.15) is 0 Å². The van der Waals surface area contributed by atoms with Crippen molar-refractivity contribution < 1.29 is 9.59 Å². The molecule has 132 valence electrons. The van der Waals surface area contributed by atoms with Crippen LogP contribution < -0.4 is 10.7 Å². The van der Waals surface area contributed by atoms with E-state index in [1.54, 1.807) is 36.4 Å². The topological polar surface area (TPSA) is 61.4 Å². The zero-order valence-electron chi connectivity index (χ0n) is 14.1. The number of anilines is 1. The number of nitrogens with zero attached hydrogens (tertiary/aromatic N) is 1. The fourth-order valence-electron chi connectivity index (χ4n) is 2.08. The Labute approximate surface area is 156 Å². The normalized spacial score (nSPS) is 10.9. The highest BCUT2D eigenvalue weighted by molar-refractivity contribution is 6.35. The molecule has 2 aromatic carbocycles. The van der Waals surface area contributed by atoms with Gasteiger partial charge in [0.15, 0.2) is 0 Å². The number of carbonyl (C=O) groups is 2. The van der Waals surface area contributed by atoms with Crippen LogP contribution in [-0.4, -0.2) is 22.5 Å². The van der Waals surface area contributed by atoms with Crippen molar-refractivity contribution >= 4 is 40.8 Å². The van der Waals surface area contributed by atoms with Gasteiger partial charge in [0.2, 0.25) is 0 Å². The molecule has 0 saturated heterocycles. The second-order valence-electron chi connectivity index (χ2n) is 6.37. The number of nitrogens with one attached hydrogen (secondary N) is 2. The van der Waals surface area contributed by atoms with E-state index in [0.717, 1.165) is 0 Å². The van der Waals surface area contributed by atoms with E-state index in [1.807, 2.05) is 26.8 Å². The van der Waals surface area contributed by atoms with Gasteiger partial charge in [-0.3, -0.25) is 4.79 Å². The lowest BCUT2D eigenvalue weighted by molar-refractivity contribution is 0.0460. The van der Waals surface area contributed by atoms with Crippen LogP contribution in [0, 0.1) is 0 Å². The Morgan fingerprint density at radius 3 is 2.24 bits per heavy atom. The maximum absolute atomic E-state index is 12.7. The molecule has 0 unspecified atom stereocenters. The van der Waals surface area contributed by atoms with E-state index in [2.05, 4.69) is 10.7 Å². The van der Waals surface area contributed by atoms with Gasteiger partial charge in [-0.15, -0.1) is 0 Å². The summed E-state index contributed by atoms with van der Waals surface area (Å²) >= 11 is 12.0. The number of rotatable bonds is 2. The lowest BCUT2D eigenvalue weighted by atomic mass is 10.1. The van der Waals surface area contributed by atoms with Crippen molar-refractivity contribution in [2.24, 2.45) is 0 Å². The predicted molar refractivity (Wildman–Crippen MR) is 101 cm³/mol. The zero-order valence-corrected chi connectivity index (χ0v) is 15.7. The molecule has 2 rings (SSSR count). The Morgan fingerprint density at radius 1 is 1.00 bits per heavy atom. The molecule has 0 radical (unpaired) electrons. The van der Waals surface area contributed by atoms with Crippen molar-refractivity contribution in [3.63, 3.8) is 0 Å². The second kappa shape index (κ2) is 7.76. The van der Waals surface area contributed by atoms with E-state index in [4.69, 9.17) is 23.2 Å². The summed E-state index contributed by atoms with van der Waals surface area (Å²) in [5, 5.41) is 4.66. The molecule has 0 aliphatic carbocycles. The molecule has 0 bridgehead atoms. The molecule has 0 saturated carbocycles. The first-order valence-electron chi connectivity index (χ1n) is 7.61. The number of benzene rings is 2. The van der Waals surface area contributed by atoms with Crippen LogP contribution in [0.25, 0.3) is 0 Å². The minimum atomic E-state index is -0.637. The summed E-state index contributed by atoms with van der Waals surface area (Å²) in [5.74, 6) is -0.319. The van der Waals surface area contributed by atoms with Crippen LogP contribution in [0.15, 0.2) is 48.5 Å². The number of halogens is 2. The minimum Gasteiger partial charge on any atom is -0.305 e. The average molecular weight is 380 g/mol. The van der Waals surface area contributed by atoms with Crippen LogP contribution >= 0.6 is 23.2 Å². The molecule has 2 N–H and O–H groups in total. The Balaban J connectivity index is 2.18. The zero-order chi connectivity index (χ0) is 18.6. The van der Waals surface area contributed by atoms with Gasteiger partial charge < -0.3 is 5.32 Å². The maximum atomic E-state index is 12.7. The summed E-state index contributed by atoms with van der Waals surface area (Å²) in [5.41, 5.74) is 2.77. The standard InChI is InChI=1S/C18H19Cl2N3O2/c1-18(2,3)23(16(24)12-7-5-4-6-8-12)22-17(25)21-15-11-13(19)9-10-14(15)20/h4-11H,1-3H3,(H2,21,22,25). The molecule has 25 heavy (non-hydrogen) atoms. The first-order valence-corrected chi connectivity index (χ1v) is 8.36. The van der Waals surface area contributed by atoms with E-state index >= 15 is 0 Å². The number of hydrogen-bond donors (Lipinski definition) is 2. The van der Waals surface area contributed by atoms with E-state index in [1.165, 1.54) is 11.1 Å². The highest BCUT2D eigenvalue weighted by Gasteiger charge is 2.29. The van der Waals surface area contributed by atoms with Crippen LogP contribution in [0.2, 0.25) is 10.0 Å². The Hall–Kier alpha value is -2.24. The molecule has 7 heteroatoms. The second-order valence-corrected chi connectivity index (χ2v) is 7.21. The molecule has 0 aliphatic rings. The molecule has 0 fully saturated rings. The third-order valence-electron chi connectivity index (χ3n) is 3.28. The number of hydrogen-bond acceptors (Lipinski definition) is 2. The lowest BCUT2D eigenvalue weighted by Crippen LogP contribution is -2.56. The largest absolute Gasteiger partial charge is 0.338 e. The van der Waals surface area contributed by atoms with E-state index in [-0.39, 0.29) is 5.91 Å². The maximum Gasteiger partial charge on any atom is 0.338 e. The van der Waals surface area contributed by atoms with Crippen molar-refractivity contribution in [1.29, 1.82) is 0 Å². The molecule has 5 nitrogen and oxygen atoms in total. The van der Waals surface area contributed by atoms with E-state index in [0.29, 0.717) is 21.3 Å². The molecule has 0 atom stereocenters. The van der Waals surface area contributed by atoms with E-state index in [9.17, 15) is 9.59 Å². The number of amides is 3. The highest BCUT2D eigenvalue weighted by Crippen LogP contribution is 2.25. The van der Waals surface area contributed by atoms with Gasteiger partial charge in [-0.2, -0.15) is 0 Å². The summed E-state index contributed by atoms with van der Waals surface area (Å²) < 4.78 is 0. The van der Waals surface area contributed by atoms with Gasteiger partial charge in [-0.25, -0.2) is 15.2 Å². The summed E-state index contributed by atoms with van der Waals surface area (Å²) in [6, 6.07) is 12.9. The third-order valence-corrected chi connectivity index (χ3v) is 3.85. The van der Waals surface area contributed by atoms with Crippen LogP contribution in [-0.2, 0) is 0 Å². The van der Waals surface area contributed by atoms with Crippen LogP contribution in [0.1, 0.15) is 31.1 Å². The molecule has 0 aliphatic heterocycles. The smallest absolute Gasteiger partial charge is 0.305 e. The Kier molecular flexibility index (Phi) is 5.93. The van der Waals surface area contributed by atoms with Crippen molar-refractivity contribution in [2.75, 3.05) is 5.32 Å². The monoisotopic (exact) mass is 379 g/mol. The molecular formula is C18H19Cl2N3O2. The van der Waals surface area contributed by atoms with Crippen molar-refractivity contribution in [3.05, 3.63) is 64.1 Å². The third kappa shape index (κ3) is 5.11.